The fourth-order valence-corrected chi connectivity index (χ4v) is 0.416. The summed E-state index contributed by atoms with van der Waals surface area (Å²) >= 11 is 0. The van der Waals surface area contributed by atoms with E-state index < -0.39 is 5.97 Å². The predicted octanol–water partition coefficient (Wildman–Crippen LogP) is 0.611. The van der Waals surface area contributed by atoms with Gasteiger partial charge in [-0.1, -0.05) is 19.9 Å². The van der Waals surface area contributed by atoms with E-state index in [0.717, 1.165) is 6.08 Å². The molecule has 0 saturated heterocycles. The van der Waals surface area contributed by atoms with E-state index in [4.69, 9.17) is 10.8 Å². The van der Waals surface area contributed by atoms with Crippen molar-refractivity contribution >= 4 is 5.97 Å². The molecule has 1 atom stereocenters. The fraction of sp³-hybridized carbons (Fsp3) is 0.571. The molecule has 3 N–H and O–H groups in total. The third-order valence-electron chi connectivity index (χ3n) is 1.23. The van der Waals surface area contributed by atoms with E-state index in [2.05, 4.69) is 0 Å². The first-order chi connectivity index (χ1) is 4.54. The van der Waals surface area contributed by atoms with Gasteiger partial charge >= 0.3 is 5.97 Å². The van der Waals surface area contributed by atoms with Gasteiger partial charge in [0.15, 0.2) is 0 Å². The first-order valence-electron chi connectivity index (χ1n) is 3.20. The van der Waals surface area contributed by atoms with Crippen molar-refractivity contribution in [3.63, 3.8) is 0 Å². The van der Waals surface area contributed by atoms with Gasteiger partial charge in [-0.15, -0.1) is 0 Å². The minimum absolute atomic E-state index is 0.156. The summed E-state index contributed by atoms with van der Waals surface area (Å²) in [6.45, 7) is 3.88. The monoisotopic (exact) mass is 143 g/mol. The normalized spacial score (nSPS) is 14.4. The Labute approximate surface area is 60.5 Å². The molecule has 0 radical (unpaired) electrons. The van der Waals surface area contributed by atoms with Crippen molar-refractivity contribution in [1.29, 1.82) is 0 Å². The van der Waals surface area contributed by atoms with E-state index in [1.807, 2.05) is 13.8 Å². The van der Waals surface area contributed by atoms with Gasteiger partial charge in [-0.3, -0.25) is 0 Å². The summed E-state index contributed by atoms with van der Waals surface area (Å²) in [6, 6.07) is -0.156. The largest absolute Gasteiger partial charge is 0.478 e. The maximum atomic E-state index is 9.98. The summed E-state index contributed by atoms with van der Waals surface area (Å²) in [7, 11) is 0. The Kier molecular flexibility index (Phi) is 3.72. The van der Waals surface area contributed by atoms with Crippen LogP contribution in [0.4, 0.5) is 0 Å². The van der Waals surface area contributed by atoms with Crippen LogP contribution in [0, 0.1) is 5.92 Å². The Bertz CT molecular complexity index is 141. The number of carboxylic acids is 1. The Balaban J connectivity index is 3.77. The van der Waals surface area contributed by atoms with Crippen LogP contribution < -0.4 is 5.73 Å². The first-order valence-corrected chi connectivity index (χ1v) is 3.20. The predicted molar refractivity (Wildman–Crippen MR) is 39.6 cm³/mol. The third kappa shape index (κ3) is 4.09. The molecule has 58 valence electrons. The van der Waals surface area contributed by atoms with Crippen molar-refractivity contribution in [2.24, 2.45) is 11.7 Å². The van der Waals surface area contributed by atoms with Crippen LogP contribution in [0.2, 0.25) is 0 Å². The zero-order chi connectivity index (χ0) is 8.15. The van der Waals surface area contributed by atoms with E-state index in [1.165, 1.54) is 6.08 Å². The molecular formula is C7H13NO2. The molecule has 0 unspecified atom stereocenters. The van der Waals surface area contributed by atoms with E-state index in [9.17, 15) is 4.79 Å². The van der Waals surface area contributed by atoms with Gasteiger partial charge in [0.1, 0.15) is 0 Å². The standard InChI is InChI=1S/C7H13NO2/c1-5(2)6(8)3-4-7(9)10/h3-6H,8H2,1-2H3,(H,9,10)/b4-3+/t6-/m0/s1. The summed E-state index contributed by atoms with van der Waals surface area (Å²) in [4.78, 5) is 9.98. The van der Waals surface area contributed by atoms with Crippen LogP contribution in [0.5, 0.6) is 0 Å². The van der Waals surface area contributed by atoms with Gasteiger partial charge < -0.3 is 10.8 Å². The summed E-state index contributed by atoms with van der Waals surface area (Å²) in [5.74, 6) is -0.660. The van der Waals surface area contributed by atoms with Crippen molar-refractivity contribution in [2.45, 2.75) is 19.9 Å². The van der Waals surface area contributed by atoms with Crippen LogP contribution >= 0.6 is 0 Å². The van der Waals surface area contributed by atoms with Crippen molar-refractivity contribution in [3.8, 4) is 0 Å². The van der Waals surface area contributed by atoms with Crippen molar-refractivity contribution < 1.29 is 9.90 Å². The molecule has 0 saturated carbocycles. The van der Waals surface area contributed by atoms with Gasteiger partial charge in [0.25, 0.3) is 0 Å². The lowest BCUT2D eigenvalue weighted by molar-refractivity contribution is -0.131. The minimum Gasteiger partial charge on any atom is -0.478 e. The van der Waals surface area contributed by atoms with Crippen LogP contribution in [0.15, 0.2) is 12.2 Å². The molecule has 0 aliphatic carbocycles. The number of rotatable bonds is 3. The van der Waals surface area contributed by atoms with Gasteiger partial charge in [0.05, 0.1) is 0 Å². The van der Waals surface area contributed by atoms with Crippen molar-refractivity contribution in [1.82, 2.24) is 0 Å². The number of carboxylic acid groups (broad SMARTS) is 1. The van der Waals surface area contributed by atoms with Crippen LogP contribution in [0.1, 0.15) is 13.8 Å². The topological polar surface area (TPSA) is 63.3 Å². The van der Waals surface area contributed by atoms with Gasteiger partial charge in [-0.2, -0.15) is 0 Å². The smallest absolute Gasteiger partial charge is 0.328 e. The lowest BCUT2D eigenvalue weighted by Gasteiger charge is -2.08. The number of aliphatic carboxylic acids is 1. The second kappa shape index (κ2) is 4.06. The van der Waals surface area contributed by atoms with Gasteiger partial charge in [-0.05, 0) is 5.92 Å². The molecule has 3 heteroatoms. The molecule has 0 spiro atoms. The van der Waals surface area contributed by atoms with E-state index >= 15 is 0 Å². The average molecular weight is 143 g/mol. The van der Waals surface area contributed by atoms with E-state index in [1.54, 1.807) is 0 Å². The molecule has 3 nitrogen and oxygen atoms in total. The quantitative estimate of drug-likeness (QED) is 0.569. The molecule has 0 aromatic rings. The van der Waals surface area contributed by atoms with Crippen LogP contribution in [0.3, 0.4) is 0 Å². The maximum Gasteiger partial charge on any atom is 0.328 e. The highest BCUT2D eigenvalue weighted by Gasteiger charge is 2.02. The summed E-state index contributed by atoms with van der Waals surface area (Å²) in [5.41, 5.74) is 5.51. The Morgan fingerprint density at radius 3 is 2.40 bits per heavy atom. The second-order valence-corrected chi connectivity index (χ2v) is 2.52. The Morgan fingerprint density at radius 2 is 2.10 bits per heavy atom. The SMILES string of the molecule is CC(C)[C@@H](N)/C=C/C(=O)O. The van der Waals surface area contributed by atoms with E-state index in [0.29, 0.717) is 0 Å². The highest BCUT2D eigenvalue weighted by molar-refractivity contribution is 5.79. The molecule has 10 heavy (non-hydrogen) atoms. The van der Waals surface area contributed by atoms with Gasteiger partial charge in [0, 0.05) is 12.1 Å². The Morgan fingerprint density at radius 1 is 1.60 bits per heavy atom. The number of hydrogen-bond acceptors (Lipinski definition) is 2. The first kappa shape index (κ1) is 9.17. The van der Waals surface area contributed by atoms with E-state index in [-0.39, 0.29) is 12.0 Å². The lowest BCUT2D eigenvalue weighted by Crippen LogP contribution is -2.23. The minimum atomic E-state index is -0.948. The highest BCUT2D eigenvalue weighted by Crippen LogP contribution is 1.98. The van der Waals surface area contributed by atoms with Crippen LogP contribution in [0.25, 0.3) is 0 Å². The summed E-state index contributed by atoms with van der Waals surface area (Å²) in [6.07, 6.45) is 2.57. The van der Waals surface area contributed by atoms with Crippen LogP contribution in [-0.2, 0) is 4.79 Å². The molecule has 0 bridgehead atoms. The molecule has 0 aromatic heterocycles. The molecule has 0 aliphatic rings. The molecular weight excluding hydrogens is 130 g/mol. The molecule has 0 fully saturated rings. The summed E-state index contributed by atoms with van der Waals surface area (Å²) in [5, 5.41) is 8.20. The van der Waals surface area contributed by atoms with Crippen molar-refractivity contribution in [2.75, 3.05) is 0 Å². The van der Waals surface area contributed by atoms with Gasteiger partial charge in [-0.25, -0.2) is 4.79 Å². The third-order valence-corrected chi connectivity index (χ3v) is 1.23. The second-order valence-electron chi connectivity index (χ2n) is 2.52. The molecule has 0 amide bonds. The average Bonchev–Trinajstić information content (AvgIpc) is 1.82. The zero-order valence-electron chi connectivity index (χ0n) is 6.24. The highest BCUT2D eigenvalue weighted by atomic mass is 16.4. The van der Waals surface area contributed by atoms with Gasteiger partial charge in [0.2, 0.25) is 0 Å². The number of hydrogen-bond donors (Lipinski definition) is 2. The summed E-state index contributed by atoms with van der Waals surface area (Å²) < 4.78 is 0. The zero-order valence-corrected chi connectivity index (χ0v) is 6.24. The molecule has 0 aromatic carbocycles. The molecule has 0 aliphatic heterocycles. The molecule has 0 heterocycles. The molecule has 0 rings (SSSR count). The Hall–Kier alpha value is -0.830. The number of carbonyl (C=O) groups is 1. The van der Waals surface area contributed by atoms with Crippen molar-refractivity contribution in [3.05, 3.63) is 12.2 Å². The fourth-order valence-electron chi connectivity index (χ4n) is 0.416. The number of nitrogens with two attached hydrogens (primary N) is 1. The maximum absolute atomic E-state index is 9.98. The lowest BCUT2D eigenvalue weighted by atomic mass is 10.1. The van der Waals surface area contributed by atoms with Crippen LogP contribution in [-0.4, -0.2) is 17.1 Å².